The summed E-state index contributed by atoms with van der Waals surface area (Å²) in [5.74, 6) is 2.76. The second-order valence-electron chi connectivity index (χ2n) is 6.49. The second-order valence-corrected chi connectivity index (χ2v) is 7.57. The number of benzene rings is 1. The van der Waals surface area contributed by atoms with Crippen LogP contribution in [0.25, 0.3) is 10.9 Å². The minimum atomic E-state index is 0.731. The third-order valence-corrected chi connectivity index (χ3v) is 5.97. The maximum atomic E-state index is 4.60. The summed E-state index contributed by atoms with van der Waals surface area (Å²) in [6.45, 7) is 3.35. The van der Waals surface area contributed by atoms with Gasteiger partial charge in [-0.15, -0.1) is 11.8 Å². The summed E-state index contributed by atoms with van der Waals surface area (Å²) in [6, 6.07) is 9.05. The van der Waals surface area contributed by atoms with Crippen molar-refractivity contribution in [3.8, 4) is 0 Å². The molecule has 0 bridgehead atoms. The highest BCUT2D eigenvalue weighted by Crippen LogP contribution is 2.38. The number of para-hydroxylation sites is 1. The largest absolute Gasteiger partial charge is 0.353 e. The molecule has 0 atom stereocenters. The van der Waals surface area contributed by atoms with Crippen molar-refractivity contribution in [2.75, 3.05) is 12.3 Å². The summed E-state index contributed by atoms with van der Waals surface area (Å²) >= 11 is 1.87. The van der Waals surface area contributed by atoms with Gasteiger partial charge in [0.25, 0.3) is 0 Å². The number of H-pyrrole nitrogens is 1. The fraction of sp³-hybridized carbons (Fsp3) is 0.500. The monoisotopic (exact) mass is 298 g/mol. The minimum Gasteiger partial charge on any atom is -0.353 e. The molecule has 110 valence electrons. The molecule has 21 heavy (non-hydrogen) atoms. The van der Waals surface area contributed by atoms with E-state index in [-0.39, 0.29) is 0 Å². The molecule has 0 unspecified atom stereocenters. The Morgan fingerprint density at radius 2 is 2.05 bits per heavy atom. The van der Waals surface area contributed by atoms with Gasteiger partial charge in [0.1, 0.15) is 5.04 Å². The zero-order valence-electron chi connectivity index (χ0n) is 12.6. The van der Waals surface area contributed by atoms with Crippen molar-refractivity contribution in [3.63, 3.8) is 0 Å². The van der Waals surface area contributed by atoms with Gasteiger partial charge in [0, 0.05) is 23.2 Å². The van der Waals surface area contributed by atoms with Crippen molar-refractivity contribution in [1.29, 1.82) is 0 Å². The molecule has 0 radical (unpaired) electrons. The topological polar surface area (TPSA) is 28.1 Å². The fourth-order valence-corrected chi connectivity index (χ4v) is 4.53. The number of fused-ring (bicyclic) bond motifs is 1. The maximum absolute atomic E-state index is 4.60. The number of aromatic nitrogens is 1. The van der Waals surface area contributed by atoms with Crippen molar-refractivity contribution >= 4 is 27.7 Å². The molecule has 0 amide bonds. The van der Waals surface area contributed by atoms with Crippen LogP contribution < -0.4 is 0 Å². The first-order valence-corrected chi connectivity index (χ1v) is 9.09. The zero-order valence-corrected chi connectivity index (χ0v) is 13.4. The van der Waals surface area contributed by atoms with Crippen LogP contribution in [0.5, 0.6) is 0 Å². The summed E-state index contributed by atoms with van der Waals surface area (Å²) < 4.78 is 0. The van der Waals surface area contributed by atoms with Crippen LogP contribution in [0, 0.1) is 5.92 Å². The minimum absolute atomic E-state index is 0.731. The molecule has 2 heterocycles. The van der Waals surface area contributed by atoms with E-state index in [1.165, 1.54) is 52.9 Å². The van der Waals surface area contributed by atoms with Gasteiger partial charge in [0.2, 0.25) is 0 Å². The number of hydrogen-bond donors (Lipinski definition) is 1. The lowest BCUT2D eigenvalue weighted by Crippen LogP contribution is -2.11. The Morgan fingerprint density at radius 1 is 1.19 bits per heavy atom. The molecule has 3 heteroatoms. The van der Waals surface area contributed by atoms with E-state index >= 15 is 0 Å². The van der Waals surface area contributed by atoms with Crippen LogP contribution >= 0.6 is 11.8 Å². The van der Waals surface area contributed by atoms with E-state index in [1.807, 2.05) is 11.8 Å². The van der Waals surface area contributed by atoms with E-state index in [0.29, 0.717) is 0 Å². The Balaban J connectivity index is 1.72. The van der Waals surface area contributed by atoms with Gasteiger partial charge in [-0.3, -0.25) is 4.99 Å². The highest BCUT2D eigenvalue weighted by molar-refractivity contribution is 8.14. The fourth-order valence-electron chi connectivity index (χ4n) is 3.70. The third-order valence-electron chi connectivity index (χ3n) is 4.96. The lowest BCUT2D eigenvalue weighted by Gasteiger charge is -2.26. The first-order valence-electron chi connectivity index (χ1n) is 8.10. The normalized spacial score (nSPS) is 26.2. The van der Waals surface area contributed by atoms with E-state index < -0.39 is 0 Å². The molecular weight excluding hydrogens is 276 g/mol. The summed E-state index contributed by atoms with van der Waals surface area (Å²) in [7, 11) is 0. The number of aliphatic imine (C=N–C) groups is 1. The van der Waals surface area contributed by atoms with Crippen LogP contribution in [-0.4, -0.2) is 22.3 Å². The van der Waals surface area contributed by atoms with Gasteiger partial charge in [-0.25, -0.2) is 0 Å². The number of thioether (sulfide) groups is 1. The standard InChI is InChI=1S/C18H22N2S/c1-12-5-7-13(8-6-12)15-4-2-3-14-11-16(20-17(14)15)18-19-9-10-21-18/h2-4,11-13,20H,5-10H2,1H3. The molecule has 0 saturated heterocycles. The number of aromatic amines is 1. The van der Waals surface area contributed by atoms with Gasteiger partial charge < -0.3 is 4.98 Å². The molecule has 4 rings (SSSR count). The van der Waals surface area contributed by atoms with Gasteiger partial charge in [-0.1, -0.05) is 38.0 Å². The highest BCUT2D eigenvalue weighted by atomic mass is 32.2. The number of nitrogens with zero attached hydrogens (tertiary/aromatic N) is 1. The van der Waals surface area contributed by atoms with Gasteiger partial charge in [-0.2, -0.15) is 0 Å². The molecule has 2 aliphatic rings. The van der Waals surface area contributed by atoms with Crippen LogP contribution in [0.3, 0.4) is 0 Å². The Kier molecular flexibility index (Phi) is 3.54. The lowest BCUT2D eigenvalue weighted by molar-refractivity contribution is 0.349. The van der Waals surface area contributed by atoms with Crippen molar-refractivity contribution < 1.29 is 0 Å². The summed E-state index contributed by atoms with van der Waals surface area (Å²) in [4.78, 5) is 8.26. The van der Waals surface area contributed by atoms with Crippen molar-refractivity contribution in [1.82, 2.24) is 4.98 Å². The third kappa shape index (κ3) is 2.52. The number of rotatable bonds is 2. The Bertz CT molecular complexity index is 678. The first-order chi connectivity index (χ1) is 10.3. The number of hydrogen-bond acceptors (Lipinski definition) is 2. The first kappa shape index (κ1) is 13.4. The van der Waals surface area contributed by atoms with E-state index in [2.05, 4.69) is 41.2 Å². The van der Waals surface area contributed by atoms with Crippen molar-refractivity contribution in [3.05, 3.63) is 35.5 Å². The molecule has 1 fully saturated rings. The van der Waals surface area contributed by atoms with Crippen LogP contribution in [-0.2, 0) is 0 Å². The molecule has 1 aromatic carbocycles. The predicted octanol–water partition coefficient (Wildman–Crippen LogP) is 4.96. The van der Waals surface area contributed by atoms with Crippen LogP contribution in [0.1, 0.15) is 49.8 Å². The molecule has 0 spiro atoms. The van der Waals surface area contributed by atoms with Crippen LogP contribution in [0.15, 0.2) is 29.3 Å². The van der Waals surface area contributed by atoms with Crippen molar-refractivity contribution in [2.24, 2.45) is 10.9 Å². The Morgan fingerprint density at radius 3 is 2.81 bits per heavy atom. The Labute approximate surface area is 130 Å². The van der Waals surface area contributed by atoms with Crippen molar-refractivity contribution in [2.45, 2.75) is 38.5 Å². The predicted molar refractivity (Wildman–Crippen MR) is 92.5 cm³/mol. The summed E-state index contributed by atoms with van der Waals surface area (Å²) in [5, 5.41) is 2.53. The molecule has 1 saturated carbocycles. The van der Waals surface area contributed by atoms with Gasteiger partial charge in [0.05, 0.1) is 5.69 Å². The molecule has 2 aromatic rings. The summed E-state index contributed by atoms with van der Waals surface area (Å²) in [5.41, 5.74) is 4.08. The number of nitrogens with one attached hydrogen (secondary N) is 1. The average molecular weight is 298 g/mol. The zero-order chi connectivity index (χ0) is 14.2. The maximum Gasteiger partial charge on any atom is 0.114 e. The molecule has 1 N–H and O–H groups in total. The molecule has 2 nitrogen and oxygen atoms in total. The van der Waals surface area contributed by atoms with E-state index in [9.17, 15) is 0 Å². The average Bonchev–Trinajstić information content (AvgIpc) is 3.16. The molecule has 1 aromatic heterocycles. The quantitative estimate of drug-likeness (QED) is 0.834. The Hall–Kier alpha value is -1.22. The van der Waals surface area contributed by atoms with Crippen LogP contribution in [0.2, 0.25) is 0 Å². The van der Waals surface area contributed by atoms with E-state index in [0.717, 1.165) is 24.1 Å². The molecule has 1 aliphatic heterocycles. The van der Waals surface area contributed by atoms with Gasteiger partial charge >= 0.3 is 0 Å². The van der Waals surface area contributed by atoms with Gasteiger partial charge in [-0.05, 0) is 36.3 Å². The molecule has 1 aliphatic carbocycles. The summed E-state index contributed by atoms with van der Waals surface area (Å²) in [6.07, 6.45) is 5.42. The van der Waals surface area contributed by atoms with E-state index in [4.69, 9.17) is 0 Å². The highest BCUT2D eigenvalue weighted by Gasteiger charge is 2.22. The van der Waals surface area contributed by atoms with Gasteiger partial charge in [0.15, 0.2) is 0 Å². The second kappa shape index (κ2) is 5.53. The van der Waals surface area contributed by atoms with E-state index in [1.54, 1.807) is 0 Å². The lowest BCUT2D eigenvalue weighted by atomic mass is 9.79. The van der Waals surface area contributed by atoms with Crippen LogP contribution in [0.4, 0.5) is 0 Å². The SMILES string of the molecule is CC1CCC(c2cccc3cc(C4=NCCS4)[nH]c23)CC1. The molecular formula is C18H22N2S. The smallest absolute Gasteiger partial charge is 0.114 e.